The highest BCUT2D eigenvalue weighted by Gasteiger charge is 2.27. The van der Waals surface area contributed by atoms with Gasteiger partial charge in [0.1, 0.15) is 0 Å². The van der Waals surface area contributed by atoms with Crippen LogP contribution in [0.3, 0.4) is 0 Å². The largest absolute Gasteiger partial charge is 0.369 e. The molecule has 1 aromatic rings. The van der Waals surface area contributed by atoms with E-state index in [2.05, 4.69) is 5.32 Å². The quantitative estimate of drug-likeness (QED) is 0.839. The lowest BCUT2D eigenvalue weighted by molar-refractivity contribution is 0.0938. The van der Waals surface area contributed by atoms with Crippen LogP contribution in [0.15, 0.2) is 24.3 Å². The van der Waals surface area contributed by atoms with Gasteiger partial charge < -0.3 is 16.0 Å². The number of hydrogen-bond acceptors (Lipinski definition) is 5. The number of amides is 1. The van der Waals surface area contributed by atoms with Crippen LogP contribution in [-0.4, -0.2) is 51.0 Å². The molecule has 0 unspecified atom stereocenters. The van der Waals surface area contributed by atoms with Gasteiger partial charge in [0.25, 0.3) is 5.91 Å². The Morgan fingerprint density at radius 2 is 1.87 bits per heavy atom. The molecule has 0 spiro atoms. The van der Waals surface area contributed by atoms with Crippen LogP contribution in [0.2, 0.25) is 0 Å². The van der Waals surface area contributed by atoms with Crippen molar-refractivity contribution in [1.29, 1.82) is 0 Å². The lowest BCUT2D eigenvalue weighted by Crippen LogP contribution is -2.42. The second-order valence-corrected chi connectivity index (χ2v) is 8.70. The minimum absolute atomic E-state index is 0.104. The molecule has 1 amide bonds. The monoisotopic (exact) mass is 337 g/mol. The number of benzene rings is 1. The molecule has 6 nitrogen and oxygen atoms in total. The van der Waals surface area contributed by atoms with Crippen LogP contribution in [0.5, 0.6) is 0 Å². The zero-order valence-electron chi connectivity index (χ0n) is 13.1. The number of para-hydroxylation sites is 1. The molecule has 23 heavy (non-hydrogen) atoms. The number of hydrogen-bond donors (Lipinski definition) is 2. The third-order valence-corrected chi connectivity index (χ3v) is 6.25. The Morgan fingerprint density at radius 1 is 1.17 bits per heavy atom. The highest BCUT2D eigenvalue weighted by Crippen LogP contribution is 2.24. The maximum absolute atomic E-state index is 12.6. The van der Waals surface area contributed by atoms with Gasteiger partial charge in [-0.3, -0.25) is 4.79 Å². The lowest BCUT2D eigenvalue weighted by Gasteiger charge is -2.30. The molecule has 1 saturated carbocycles. The predicted octanol–water partition coefficient (Wildman–Crippen LogP) is 0.531. The summed E-state index contributed by atoms with van der Waals surface area (Å²) in [7, 11) is -2.94. The first-order chi connectivity index (χ1) is 10.9. The van der Waals surface area contributed by atoms with Gasteiger partial charge in [-0.1, -0.05) is 12.1 Å². The average molecular weight is 337 g/mol. The molecule has 1 saturated heterocycles. The van der Waals surface area contributed by atoms with Crippen LogP contribution in [-0.2, 0) is 9.84 Å². The van der Waals surface area contributed by atoms with E-state index in [0.29, 0.717) is 18.7 Å². The third kappa shape index (κ3) is 3.84. The van der Waals surface area contributed by atoms with Crippen molar-refractivity contribution in [3.05, 3.63) is 29.8 Å². The smallest absolute Gasteiger partial charge is 0.253 e. The molecule has 1 aromatic carbocycles. The summed E-state index contributed by atoms with van der Waals surface area (Å²) in [5, 5.41) is 3.06. The van der Waals surface area contributed by atoms with Crippen molar-refractivity contribution in [2.75, 3.05) is 29.5 Å². The first-order valence-corrected chi connectivity index (χ1v) is 9.87. The first kappa shape index (κ1) is 16.3. The SMILES string of the molecule is N[C@@H]1CC[C@@H](NC(=O)c2ccccc2N2CCS(=O)(=O)CC2)C1. The van der Waals surface area contributed by atoms with Crippen LogP contribution < -0.4 is 16.0 Å². The van der Waals surface area contributed by atoms with E-state index in [0.717, 1.165) is 24.9 Å². The van der Waals surface area contributed by atoms with Crippen LogP contribution in [0.4, 0.5) is 5.69 Å². The molecule has 3 rings (SSSR count). The number of nitrogens with zero attached hydrogens (tertiary/aromatic N) is 1. The summed E-state index contributed by atoms with van der Waals surface area (Å²) >= 11 is 0. The summed E-state index contributed by atoms with van der Waals surface area (Å²) in [6, 6.07) is 7.69. The van der Waals surface area contributed by atoms with Gasteiger partial charge in [-0.2, -0.15) is 0 Å². The summed E-state index contributed by atoms with van der Waals surface area (Å²) in [5.74, 6) is 0.175. The molecule has 126 valence electrons. The first-order valence-electron chi connectivity index (χ1n) is 8.05. The summed E-state index contributed by atoms with van der Waals surface area (Å²) in [6.45, 7) is 0.863. The van der Waals surface area contributed by atoms with Gasteiger partial charge in [-0.15, -0.1) is 0 Å². The van der Waals surface area contributed by atoms with Gasteiger partial charge in [-0.25, -0.2) is 8.42 Å². The molecule has 1 aliphatic heterocycles. The average Bonchev–Trinajstić information content (AvgIpc) is 2.92. The van der Waals surface area contributed by atoms with E-state index in [9.17, 15) is 13.2 Å². The molecule has 2 atom stereocenters. The Balaban J connectivity index is 1.74. The van der Waals surface area contributed by atoms with E-state index in [1.165, 1.54) is 0 Å². The van der Waals surface area contributed by atoms with Crippen molar-refractivity contribution in [3.8, 4) is 0 Å². The van der Waals surface area contributed by atoms with Crippen molar-refractivity contribution in [3.63, 3.8) is 0 Å². The Morgan fingerprint density at radius 3 is 2.52 bits per heavy atom. The second-order valence-electron chi connectivity index (χ2n) is 6.40. The van der Waals surface area contributed by atoms with Crippen LogP contribution in [0.25, 0.3) is 0 Å². The van der Waals surface area contributed by atoms with Gasteiger partial charge >= 0.3 is 0 Å². The standard InChI is InChI=1S/C16H23N3O3S/c17-12-5-6-13(11-12)18-16(20)14-3-1-2-4-15(14)19-7-9-23(21,22)10-8-19/h1-4,12-13H,5-11,17H2,(H,18,20)/t12-,13-/m1/s1. The van der Waals surface area contributed by atoms with Gasteiger partial charge in [0, 0.05) is 30.9 Å². The van der Waals surface area contributed by atoms with E-state index in [-0.39, 0.29) is 29.5 Å². The topological polar surface area (TPSA) is 92.5 Å². The highest BCUT2D eigenvalue weighted by atomic mass is 32.2. The fourth-order valence-electron chi connectivity index (χ4n) is 3.31. The van der Waals surface area contributed by atoms with E-state index in [1.54, 1.807) is 6.07 Å². The van der Waals surface area contributed by atoms with E-state index in [1.807, 2.05) is 23.1 Å². The highest BCUT2D eigenvalue weighted by molar-refractivity contribution is 7.91. The fraction of sp³-hybridized carbons (Fsp3) is 0.562. The molecule has 7 heteroatoms. The fourth-order valence-corrected chi connectivity index (χ4v) is 4.51. The Kier molecular flexibility index (Phi) is 4.59. The normalized spacial score (nSPS) is 26.9. The number of anilines is 1. The Bertz CT molecular complexity index is 676. The van der Waals surface area contributed by atoms with Gasteiger partial charge in [0.2, 0.25) is 0 Å². The van der Waals surface area contributed by atoms with Crippen molar-refractivity contribution < 1.29 is 13.2 Å². The van der Waals surface area contributed by atoms with Gasteiger partial charge in [-0.05, 0) is 31.4 Å². The molecule has 2 aliphatic rings. The van der Waals surface area contributed by atoms with E-state index >= 15 is 0 Å². The minimum Gasteiger partial charge on any atom is -0.369 e. The number of nitrogens with two attached hydrogens (primary N) is 1. The lowest BCUT2D eigenvalue weighted by atomic mass is 10.1. The van der Waals surface area contributed by atoms with E-state index < -0.39 is 9.84 Å². The third-order valence-electron chi connectivity index (χ3n) is 4.64. The van der Waals surface area contributed by atoms with Crippen LogP contribution in [0, 0.1) is 0 Å². The second kappa shape index (κ2) is 6.49. The number of sulfone groups is 1. The number of rotatable bonds is 3. The maximum atomic E-state index is 12.6. The van der Waals surface area contributed by atoms with Crippen molar-refractivity contribution in [2.24, 2.45) is 5.73 Å². The zero-order chi connectivity index (χ0) is 16.4. The van der Waals surface area contributed by atoms with Crippen LogP contribution in [0.1, 0.15) is 29.6 Å². The van der Waals surface area contributed by atoms with Gasteiger partial charge in [0.05, 0.1) is 17.1 Å². The number of nitrogens with one attached hydrogen (secondary N) is 1. The van der Waals surface area contributed by atoms with Crippen molar-refractivity contribution in [1.82, 2.24) is 5.32 Å². The predicted molar refractivity (Wildman–Crippen MR) is 90.4 cm³/mol. The summed E-state index contributed by atoms with van der Waals surface area (Å²) in [4.78, 5) is 14.6. The molecule has 0 bridgehead atoms. The van der Waals surface area contributed by atoms with Gasteiger partial charge in [0.15, 0.2) is 9.84 Å². The Hall–Kier alpha value is -1.60. The summed E-state index contributed by atoms with van der Waals surface area (Å²) < 4.78 is 23.2. The number of carbonyl (C=O) groups excluding carboxylic acids is 1. The zero-order valence-corrected chi connectivity index (χ0v) is 13.9. The number of carbonyl (C=O) groups is 1. The van der Waals surface area contributed by atoms with Crippen LogP contribution >= 0.6 is 0 Å². The summed E-state index contributed by atoms with van der Waals surface area (Å²) in [6.07, 6.45) is 2.67. The van der Waals surface area contributed by atoms with Crippen molar-refractivity contribution in [2.45, 2.75) is 31.3 Å². The molecule has 3 N–H and O–H groups in total. The van der Waals surface area contributed by atoms with E-state index in [4.69, 9.17) is 5.73 Å². The molecular weight excluding hydrogens is 314 g/mol. The molecule has 1 aliphatic carbocycles. The maximum Gasteiger partial charge on any atom is 0.253 e. The molecule has 0 aromatic heterocycles. The molecule has 1 heterocycles. The minimum atomic E-state index is -2.94. The summed E-state index contributed by atoms with van der Waals surface area (Å²) in [5.41, 5.74) is 7.31. The Labute approximate surface area is 137 Å². The molecule has 2 fully saturated rings. The molecular formula is C16H23N3O3S. The van der Waals surface area contributed by atoms with Crippen molar-refractivity contribution >= 4 is 21.4 Å². The molecule has 0 radical (unpaired) electrons.